The van der Waals surface area contributed by atoms with E-state index in [0.717, 1.165) is 0 Å². The molecule has 0 saturated carbocycles. The number of nitrogens with zero attached hydrogens (tertiary/aromatic N) is 2. The molecule has 0 aliphatic carbocycles. The third kappa shape index (κ3) is 2.79. The van der Waals surface area contributed by atoms with Gasteiger partial charge in [-0.1, -0.05) is 0 Å². The molecule has 0 aliphatic rings. The van der Waals surface area contributed by atoms with E-state index in [0.29, 0.717) is 5.82 Å². The second kappa shape index (κ2) is 4.91. The molecule has 16 heavy (non-hydrogen) atoms. The Morgan fingerprint density at radius 2 is 2.06 bits per heavy atom. The fourth-order valence-corrected chi connectivity index (χ4v) is 2.33. The van der Waals surface area contributed by atoms with Gasteiger partial charge in [-0.25, -0.2) is 18.1 Å². The van der Waals surface area contributed by atoms with E-state index in [2.05, 4.69) is 9.71 Å². The van der Waals surface area contributed by atoms with Crippen LogP contribution in [0.1, 0.15) is 5.82 Å². The van der Waals surface area contributed by atoms with Crippen molar-refractivity contribution in [2.24, 2.45) is 7.05 Å². The van der Waals surface area contributed by atoms with E-state index >= 15 is 0 Å². The van der Waals surface area contributed by atoms with E-state index in [1.165, 1.54) is 6.20 Å². The number of hydrogen-bond donors (Lipinski definition) is 3. The molecular weight excluding hydrogens is 234 g/mol. The largest absolute Gasteiger partial charge is 0.395 e. The molecular formula is C8H15N3O4S. The number of aliphatic hydroxyl groups excluding tert-OH is 2. The number of aromatic nitrogens is 2. The van der Waals surface area contributed by atoms with Gasteiger partial charge in [0.15, 0.2) is 5.03 Å². The Morgan fingerprint density at radius 1 is 1.50 bits per heavy atom. The first kappa shape index (κ1) is 13.1. The minimum absolute atomic E-state index is 0.126. The van der Waals surface area contributed by atoms with Crippen LogP contribution in [0.2, 0.25) is 0 Å². The summed E-state index contributed by atoms with van der Waals surface area (Å²) in [4.78, 5) is 3.85. The van der Waals surface area contributed by atoms with Gasteiger partial charge in [-0.3, -0.25) is 0 Å². The predicted octanol–water partition coefficient (Wildman–Crippen LogP) is -1.64. The van der Waals surface area contributed by atoms with Crippen molar-refractivity contribution < 1.29 is 18.6 Å². The average molecular weight is 249 g/mol. The lowest BCUT2D eigenvalue weighted by atomic mass is 10.4. The van der Waals surface area contributed by atoms with Crippen molar-refractivity contribution >= 4 is 10.0 Å². The second-order valence-corrected chi connectivity index (χ2v) is 5.08. The molecule has 1 rings (SSSR count). The molecule has 92 valence electrons. The third-order valence-corrected chi connectivity index (χ3v) is 3.52. The van der Waals surface area contributed by atoms with Crippen LogP contribution in [0.5, 0.6) is 0 Å². The van der Waals surface area contributed by atoms with E-state index in [9.17, 15) is 8.42 Å². The highest BCUT2D eigenvalue weighted by atomic mass is 32.2. The maximum absolute atomic E-state index is 11.7. The van der Waals surface area contributed by atoms with Crippen LogP contribution in [0.15, 0.2) is 11.2 Å². The van der Waals surface area contributed by atoms with E-state index in [1.54, 1.807) is 18.5 Å². The van der Waals surface area contributed by atoms with Gasteiger partial charge in [0.05, 0.1) is 19.3 Å². The molecule has 0 amide bonds. The lowest BCUT2D eigenvalue weighted by Gasteiger charge is -2.11. The van der Waals surface area contributed by atoms with Gasteiger partial charge < -0.3 is 14.8 Å². The summed E-state index contributed by atoms with van der Waals surface area (Å²) in [7, 11) is -2.11. The Bertz CT molecular complexity index is 430. The SMILES string of the molecule is Cc1nc(S(=O)(=O)NC(CO)CO)cn1C. The van der Waals surface area contributed by atoms with Gasteiger partial charge in [0.1, 0.15) is 5.82 Å². The van der Waals surface area contributed by atoms with Crippen LogP contribution in [0.25, 0.3) is 0 Å². The van der Waals surface area contributed by atoms with E-state index < -0.39 is 29.3 Å². The summed E-state index contributed by atoms with van der Waals surface area (Å²) in [6, 6.07) is -0.910. The molecule has 0 aliphatic heterocycles. The van der Waals surface area contributed by atoms with Crippen LogP contribution < -0.4 is 4.72 Å². The highest BCUT2D eigenvalue weighted by Crippen LogP contribution is 2.07. The van der Waals surface area contributed by atoms with Gasteiger partial charge >= 0.3 is 0 Å². The van der Waals surface area contributed by atoms with E-state index in [-0.39, 0.29) is 5.03 Å². The van der Waals surface area contributed by atoms with E-state index in [4.69, 9.17) is 10.2 Å². The highest BCUT2D eigenvalue weighted by molar-refractivity contribution is 7.89. The Labute approximate surface area is 93.8 Å². The van der Waals surface area contributed by atoms with E-state index in [1.807, 2.05) is 0 Å². The van der Waals surface area contributed by atoms with Crippen LogP contribution in [-0.2, 0) is 17.1 Å². The summed E-state index contributed by atoms with van der Waals surface area (Å²) in [5, 5.41) is 17.4. The van der Waals surface area contributed by atoms with Crippen molar-refractivity contribution in [1.82, 2.24) is 14.3 Å². The fourth-order valence-electron chi connectivity index (χ4n) is 1.07. The van der Waals surface area contributed by atoms with Crippen molar-refractivity contribution in [2.45, 2.75) is 18.0 Å². The maximum atomic E-state index is 11.7. The molecule has 0 bridgehead atoms. The van der Waals surface area contributed by atoms with Crippen molar-refractivity contribution in [3.63, 3.8) is 0 Å². The highest BCUT2D eigenvalue weighted by Gasteiger charge is 2.22. The van der Waals surface area contributed by atoms with Gasteiger partial charge in [-0.2, -0.15) is 0 Å². The summed E-state index contributed by atoms with van der Waals surface area (Å²) in [6.07, 6.45) is 1.36. The summed E-state index contributed by atoms with van der Waals surface area (Å²) in [6.45, 7) is 0.734. The Hall–Kier alpha value is -0.960. The Kier molecular flexibility index (Phi) is 4.03. The number of nitrogens with one attached hydrogen (secondary N) is 1. The number of imidazole rings is 1. The van der Waals surface area contributed by atoms with Gasteiger partial charge in [-0.05, 0) is 6.92 Å². The molecule has 0 fully saturated rings. The number of sulfonamides is 1. The summed E-state index contributed by atoms with van der Waals surface area (Å²) in [5.74, 6) is 0.560. The molecule has 0 radical (unpaired) electrons. The Morgan fingerprint density at radius 3 is 2.44 bits per heavy atom. The van der Waals surface area contributed by atoms with Crippen LogP contribution in [0.3, 0.4) is 0 Å². The van der Waals surface area contributed by atoms with Crippen LogP contribution in [-0.4, -0.2) is 47.4 Å². The minimum atomic E-state index is -3.79. The molecule has 0 spiro atoms. The molecule has 8 heteroatoms. The van der Waals surface area contributed by atoms with Gasteiger partial charge in [-0.15, -0.1) is 0 Å². The summed E-state index contributed by atoms with van der Waals surface area (Å²) < 4.78 is 27.2. The van der Waals surface area contributed by atoms with Crippen molar-refractivity contribution in [2.75, 3.05) is 13.2 Å². The smallest absolute Gasteiger partial charge is 0.260 e. The summed E-state index contributed by atoms with van der Waals surface area (Å²) in [5.41, 5.74) is 0. The monoisotopic (exact) mass is 249 g/mol. The number of aliphatic hydroxyl groups is 2. The van der Waals surface area contributed by atoms with Gasteiger partial charge in [0.25, 0.3) is 10.0 Å². The van der Waals surface area contributed by atoms with Crippen molar-refractivity contribution in [3.8, 4) is 0 Å². The third-order valence-electron chi connectivity index (χ3n) is 2.12. The molecule has 3 N–H and O–H groups in total. The van der Waals surface area contributed by atoms with Gasteiger partial charge in [0.2, 0.25) is 0 Å². The van der Waals surface area contributed by atoms with Gasteiger partial charge in [0, 0.05) is 13.2 Å². The topological polar surface area (TPSA) is 104 Å². The normalized spacial score (nSPS) is 12.3. The first-order valence-corrected chi connectivity index (χ1v) is 6.13. The number of hydrogen-bond acceptors (Lipinski definition) is 5. The molecule has 1 heterocycles. The molecule has 7 nitrogen and oxygen atoms in total. The average Bonchev–Trinajstić information content (AvgIpc) is 2.56. The molecule has 0 aromatic carbocycles. The molecule has 1 aromatic heterocycles. The molecule has 0 atom stereocenters. The zero-order valence-corrected chi connectivity index (χ0v) is 9.90. The first-order chi connectivity index (χ1) is 7.40. The van der Waals surface area contributed by atoms with Crippen LogP contribution >= 0.6 is 0 Å². The number of rotatable bonds is 5. The molecule has 0 unspecified atom stereocenters. The Balaban J connectivity index is 2.94. The van der Waals surface area contributed by atoms with Crippen molar-refractivity contribution in [3.05, 3.63) is 12.0 Å². The zero-order valence-electron chi connectivity index (χ0n) is 9.08. The minimum Gasteiger partial charge on any atom is -0.395 e. The first-order valence-electron chi connectivity index (χ1n) is 4.64. The quantitative estimate of drug-likeness (QED) is 0.580. The lowest BCUT2D eigenvalue weighted by molar-refractivity contribution is 0.185. The fraction of sp³-hybridized carbons (Fsp3) is 0.625. The second-order valence-electron chi connectivity index (χ2n) is 3.42. The molecule has 1 aromatic rings. The predicted molar refractivity (Wildman–Crippen MR) is 56.2 cm³/mol. The van der Waals surface area contributed by atoms with Crippen LogP contribution in [0, 0.1) is 6.92 Å². The van der Waals surface area contributed by atoms with Crippen LogP contribution in [0.4, 0.5) is 0 Å². The summed E-state index contributed by atoms with van der Waals surface area (Å²) >= 11 is 0. The number of aryl methyl sites for hydroxylation is 2. The standard InChI is InChI=1S/C8H15N3O4S/c1-6-9-8(3-11(6)2)16(14,15)10-7(4-12)5-13/h3,7,10,12-13H,4-5H2,1-2H3. The lowest BCUT2D eigenvalue weighted by Crippen LogP contribution is -2.40. The molecule has 0 saturated heterocycles. The van der Waals surface area contributed by atoms with Crippen molar-refractivity contribution in [1.29, 1.82) is 0 Å². The maximum Gasteiger partial charge on any atom is 0.260 e. The zero-order chi connectivity index (χ0) is 12.3.